The summed E-state index contributed by atoms with van der Waals surface area (Å²) in [6.45, 7) is 4.17. The van der Waals surface area contributed by atoms with Crippen LogP contribution in [0.5, 0.6) is 0 Å². The number of hydrogen-bond acceptors (Lipinski definition) is 5. The van der Waals surface area contributed by atoms with Gasteiger partial charge in [-0.05, 0) is 18.8 Å². The molecule has 0 aromatic carbocycles. The van der Waals surface area contributed by atoms with Crippen LogP contribution >= 0.6 is 0 Å². The minimum atomic E-state index is -1.02. The van der Waals surface area contributed by atoms with E-state index in [9.17, 15) is 19.5 Å². The summed E-state index contributed by atoms with van der Waals surface area (Å²) >= 11 is 0. The summed E-state index contributed by atoms with van der Waals surface area (Å²) in [7, 11) is 0. The molecule has 2 atom stereocenters. The molecule has 8 nitrogen and oxygen atoms in total. The van der Waals surface area contributed by atoms with Crippen molar-refractivity contribution in [2.45, 2.75) is 51.6 Å². The number of aliphatic carboxylic acids is 2. The van der Waals surface area contributed by atoms with Gasteiger partial charge < -0.3 is 15.9 Å². The normalized spacial score (nSPS) is 21.4. The number of carbonyl (C=O) groups excluding carboxylic acids is 1. The Kier molecular flexibility index (Phi) is 8.14. The number of amides is 1. The van der Waals surface area contributed by atoms with E-state index in [0.29, 0.717) is 6.54 Å². The van der Waals surface area contributed by atoms with Gasteiger partial charge >= 0.3 is 11.9 Å². The first-order valence-corrected chi connectivity index (χ1v) is 8.40. The molecule has 0 aromatic heterocycles. The molecule has 1 amide bonds. The van der Waals surface area contributed by atoms with Crippen molar-refractivity contribution in [3.63, 3.8) is 0 Å². The van der Waals surface area contributed by atoms with E-state index in [1.54, 1.807) is 4.90 Å². The van der Waals surface area contributed by atoms with Gasteiger partial charge in [0.2, 0.25) is 5.91 Å². The Hall–Kier alpha value is -1.67. The largest absolute Gasteiger partial charge is 0.480 e. The second kappa shape index (κ2) is 9.58. The zero-order chi connectivity index (χ0) is 18.3. The summed E-state index contributed by atoms with van der Waals surface area (Å²) < 4.78 is 0. The minimum Gasteiger partial charge on any atom is -0.480 e. The van der Waals surface area contributed by atoms with Gasteiger partial charge in [0.25, 0.3) is 0 Å². The van der Waals surface area contributed by atoms with E-state index in [2.05, 4.69) is 0 Å². The van der Waals surface area contributed by atoms with Gasteiger partial charge in [0.15, 0.2) is 0 Å². The molecule has 138 valence electrons. The molecule has 1 rings (SSSR count). The molecule has 24 heavy (non-hydrogen) atoms. The first-order chi connectivity index (χ1) is 11.2. The van der Waals surface area contributed by atoms with Crippen LogP contribution < -0.4 is 5.73 Å². The second-order valence-corrected chi connectivity index (χ2v) is 6.90. The lowest BCUT2D eigenvalue weighted by Crippen LogP contribution is -2.57. The van der Waals surface area contributed by atoms with Crippen molar-refractivity contribution in [3.05, 3.63) is 0 Å². The molecule has 0 aromatic rings. The molecule has 1 aliphatic rings. The topological polar surface area (TPSA) is 124 Å². The monoisotopic (exact) mass is 343 g/mol. The summed E-state index contributed by atoms with van der Waals surface area (Å²) in [5, 5.41) is 18.4. The predicted octanol–water partition coefficient (Wildman–Crippen LogP) is 0.212. The average Bonchev–Trinajstić information content (AvgIpc) is 2.44. The van der Waals surface area contributed by atoms with Crippen LogP contribution in [0.15, 0.2) is 0 Å². The van der Waals surface area contributed by atoms with Gasteiger partial charge in [-0.3, -0.25) is 24.2 Å². The molecule has 0 radical (unpaired) electrons. The number of nitrogens with zero attached hydrogens (tertiary/aromatic N) is 2. The van der Waals surface area contributed by atoms with Crippen LogP contribution in [0, 0.1) is 5.92 Å². The first kappa shape index (κ1) is 20.4. The van der Waals surface area contributed by atoms with E-state index in [0.717, 1.165) is 25.7 Å². The number of primary amides is 1. The molecular formula is C16H29N3O5. The molecule has 0 heterocycles. The zero-order valence-electron chi connectivity index (χ0n) is 14.5. The maximum absolute atomic E-state index is 11.3. The highest BCUT2D eigenvalue weighted by Gasteiger charge is 2.36. The fraction of sp³-hybridized carbons (Fsp3) is 0.812. The highest BCUT2D eigenvalue weighted by Crippen LogP contribution is 2.28. The van der Waals surface area contributed by atoms with Gasteiger partial charge in [-0.2, -0.15) is 0 Å². The number of carboxylic acid groups (broad SMARTS) is 2. The second-order valence-electron chi connectivity index (χ2n) is 6.90. The molecule has 0 spiro atoms. The molecule has 0 unspecified atom stereocenters. The summed E-state index contributed by atoms with van der Waals surface area (Å²) in [6, 6.07) is -0.267. The summed E-state index contributed by atoms with van der Waals surface area (Å²) in [5.41, 5.74) is 5.28. The number of hydrogen-bond donors (Lipinski definition) is 3. The predicted molar refractivity (Wildman–Crippen MR) is 88.5 cm³/mol. The molecule has 8 heteroatoms. The maximum Gasteiger partial charge on any atom is 0.317 e. The van der Waals surface area contributed by atoms with Gasteiger partial charge in [-0.15, -0.1) is 0 Å². The Labute approximate surface area is 142 Å². The quantitative estimate of drug-likeness (QED) is 0.518. The molecule has 0 bridgehead atoms. The van der Waals surface area contributed by atoms with Crippen LogP contribution in [-0.4, -0.2) is 76.1 Å². The summed E-state index contributed by atoms with van der Waals surface area (Å²) in [5.74, 6) is -2.21. The van der Waals surface area contributed by atoms with Crippen molar-refractivity contribution in [1.82, 2.24) is 9.80 Å². The van der Waals surface area contributed by atoms with Crippen molar-refractivity contribution in [3.8, 4) is 0 Å². The Morgan fingerprint density at radius 3 is 1.83 bits per heavy atom. The lowest BCUT2D eigenvalue weighted by atomic mass is 9.87. The number of rotatable bonds is 10. The van der Waals surface area contributed by atoms with Gasteiger partial charge in [-0.1, -0.05) is 26.7 Å². The average molecular weight is 343 g/mol. The summed E-state index contributed by atoms with van der Waals surface area (Å²) in [6.07, 6.45) is 3.42. The molecule has 1 fully saturated rings. The third-order valence-electron chi connectivity index (χ3n) is 4.27. The Balaban J connectivity index is 3.01. The van der Waals surface area contributed by atoms with Crippen molar-refractivity contribution < 1.29 is 24.6 Å². The van der Waals surface area contributed by atoms with Gasteiger partial charge in [0.05, 0.1) is 19.6 Å². The van der Waals surface area contributed by atoms with E-state index in [4.69, 9.17) is 10.8 Å². The third kappa shape index (κ3) is 6.84. The highest BCUT2D eigenvalue weighted by molar-refractivity contribution is 5.77. The van der Waals surface area contributed by atoms with Crippen LogP contribution in [0.2, 0.25) is 0 Å². The Bertz CT molecular complexity index is 439. The summed E-state index contributed by atoms with van der Waals surface area (Å²) in [4.78, 5) is 37.2. The van der Waals surface area contributed by atoms with E-state index in [1.807, 2.05) is 18.7 Å². The number of carboxylic acids is 2. The van der Waals surface area contributed by atoms with Crippen molar-refractivity contribution in [2.75, 3.05) is 26.2 Å². The van der Waals surface area contributed by atoms with E-state index in [1.165, 1.54) is 0 Å². The van der Waals surface area contributed by atoms with Crippen molar-refractivity contribution in [1.29, 1.82) is 0 Å². The molecule has 1 aliphatic carbocycles. The van der Waals surface area contributed by atoms with E-state index >= 15 is 0 Å². The first-order valence-electron chi connectivity index (χ1n) is 8.40. The smallest absolute Gasteiger partial charge is 0.317 e. The standard InChI is InChI=1S/C16H29N3O5/c1-11(2)7-18(9-15(21)22)12-5-3-4-6-13(12)19(8-14(17)20)10-16(23)24/h11-13H,3-10H2,1-2H3,(H2,17,20)(H,21,22)(H,23,24)/t12-,13-/m1/s1. The van der Waals surface area contributed by atoms with Crippen LogP contribution in [0.3, 0.4) is 0 Å². The Morgan fingerprint density at radius 1 is 0.958 bits per heavy atom. The van der Waals surface area contributed by atoms with Crippen LogP contribution in [0.4, 0.5) is 0 Å². The lowest BCUT2D eigenvalue weighted by molar-refractivity contribution is -0.143. The van der Waals surface area contributed by atoms with E-state index in [-0.39, 0.29) is 37.6 Å². The lowest BCUT2D eigenvalue weighted by Gasteiger charge is -2.44. The zero-order valence-corrected chi connectivity index (χ0v) is 14.5. The van der Waals surface area contributed by atoms with Crippen LogP contribution in [0.1, 0.15) is 39.5 Å². The highest BCUT2D eigenvalue weighted by atomic mass is 16.4. The minimum absolute atomic E-state index is 0.0865. The van der Waals surface area contributed by atoms with Crippen LogP contribution in [0.25, 0.3) is 0 Å². The Morgan fingerprint density at radius 2 is 1.42 bits per heavy atom. The van der Waals surface area contributed by atoms with E-state index < -0.39 is 17.8 Å². The fourth-order valence-electron chi connectivity index (χ4n) is 3.57. The van der Waals surface area contributed by atoms with Gasteiger partial charge in [-0.25, -0.2) is 0 Å². The number of carbonyl (C=O) groups is 3. The van der Waals surface area contributed by atoms with Crippen LogP contribution in [-0.2, 0) is 14.4 Å². The van der Waals surface area contributed by atoms with Crippen molar-refractivity contribution >= 4 is 17.8 Å². The van der Waals surface area contributed by atoms with Gasteiger partial charge in [0.1, 0.15) is 0 Å². The van der Waals surface area contributed by atoms with Crippen molar-refractivity contribution in [2.24, 2.45) is 11.7 Å². The maximum atomic E-state index is 11.3. The third-order valence-corrected chi connectivity index (χ3v) is 4.27. The molecule has 0 saturated heterocycles. The molecule has 0 aliphatic heterocycles. The molecule has 1 saturated carbocycles. The molecule has 4 N–H and O–H groups in total. The number of nitrogens with two attached hydrogens (primary N) is 1. The fourth-order valence-corrected chi connectivity index (χ4v) is 3.57. The van der Waals surface area contributed by atoms with Gasteiger partial charge in [0, 0.05) is 18.6 Å². The molecular weight excluding hydrogens is 314 g/mol. The SMILES string of the molecule is CC(C)CN(CC(=O)O)[C@@H]1CCCC[C@H]1N(CC(N)=O)CC(=O)O.